The first-order valence-corrected chi connectivity index (χ1v) is 3.45. The first-order valence-electron chi connectivity index (χ1n) is 3.45. The van der Waals surface area contributed by atoms with E-state index in [4.69, 9.17) is 4.74 Å². The highest BCUT2D eigenvalue weighted by Crippen LogP contribution is 1.90. The zero-order valence-electron chi connectivity index (χ0n) is 6.35. The third kappa shape index (κ3) is 5.51. The van der Waals surface area contributed by atoms with Crippen molar-refractivity contribution in [2.45, 2.75) is 19.8 Å². The standard InChI is InChI=1S/C8H13O2/c1-3-4-5-10-7-8(2)6-9/h2-5,7H2,1H3. The zero-order chi connectivity index (χ0) is 7.82. The topological polar surface area (TPSA) is 26.3 Å². The van der Waals surface area contributed by atoms with Crippen LogP contribution in [0.25, 0.3) is 0 Å². The number of carbonyl (C=O) groups excluding carboxylic acids is 1. The fourth-order valence-electron chi connectivity index (χ4n) is 0.471. The van der Waals surface area contributed by atoms with Gasteiger partial charge in [0.15, 0.2) is 0 Å². The minimum atomic E-state index is 0.323. The molecule has 10 heavy (non-hydrogen) atoms. The molecule has 0 fully saturated rings. The van der Waals surface area contributed by atoms with Crippen LogP contribution in [0.1, 0.15) is 19.8 Å². The van der Waals surface area contributed by atoms with Crippen LogP contribution >= 0.6 is 0 Å². The normalized spacial score (nSPS) is 9.30. The fourth-order valence-corrected chi connectivity index (χ4v) is 0.471. The van der Waals surface area contributed by atoms with E-state index >= 15 is 0 Å². The fraction of sp³-hybridized carbons (Fsp3) is 0.625. The summed E-state index contributed by atoms with van der Waals surface area (Å²) in [6, 6.07) is 0. The van der Waals surface area contributed by atoms with Crippen LogP contribution in [-0.4, -0.2) is 19.5 Å². The van der Waals surface area contributed by atoms with Gasteiger partial charge in [0.05, 0.1) is 6.61 Å². The van der Waals surface area contributed by atoms with Gasteiger partial charge in [-0.15, -0.1) is 0 Å². The molecule has 0 spiro atoms. The molecule has 0 unspecified atom stereocenters. The third-order valence-electron chi connectivity index (χ3n) is 1.06. The Bertz CT molecular complexity index is 108. The number of ether oxygens (including phenoxy) is 1. The summed E-state index contributed by atoms with van der Waals surface area (Å²) in [4.78, 5) is 9.86. The largest absolute Gasteiger partial charge is 0.377 e. The molecule has 0 amide bonds. The third-order valence-corrected chi connectivity index (χ3v) is 1.06. The van der Waals surface area contributed by atoms with E-state index in [1.165, 1.54) is 0 Å². The van der Waals surface area contributed by atoms with Crippen LogP contribution in [0.2, 0.25) is 0 Å². The molecule has 0 aliphatic carbocycles. The van der Waals surface area contributed by atoms with E-state index < -0.39 is 0 Å². The maximum atomic E-state index is 9.86. The Morgan fingerprint density at radius 2 is 2.40 bits per heavy atom. The lowest BCUT2D eigenvalue weighted by molar-refractivity contribution is 0.155. The predicted molar refractivity (Wildman–Crippen MR) is 40.6 cm³/mol. The van der Waals surface area contributed by atoms with Crippen molar-refractivity contribution in [1.82, 2.24) is 0 Å². The molecule has 0 saturated carbocycles. The van der Waals surface area contributed by atoms with Gasteiger partial charge in [-0.2, -0.15) is 0 Å². The number of rotatable bonds is 6. The van der Waals surface area contributed by atoms with Crippen LogP contribution in [0.15, 0.2) is 12.2 Å². The first-order chi connectivity index (χ1) is 4.81. The van der Waals surface area contributed by atoms with Crippen molar-refractivity contribution in [2.75, 3.05) is 13.2 Å². The lowest BCUT2D eigenvalue weighted by Gasteiger charge is -1.99. The second kappa shape index (κ2) is 6.49. The molecule has 0 aliphatic rings. The van der Waals surface area contributed by atoms with Gasteiger partial charge in [0.2, 0.25) is 6.29 Å². The Morgan fingerprint density at radius 1 is 1.70 bits per heavy atom. The van der Waals surface area contributed by atoms with Crippen LogP contribution in [0.5, 0.6) is 0 Å². The zero-order valence-corrected chi connectivity index (χ0v) is 6.35. The van der Waals surface area contributed by atoms with Crippen LogP contribution in [0.4, 0.5) is 0 Å². The first kappa shape index (κ1) is 9.37. The molecule has 0 aromatic rings. The van der Waals surface area contributed by atoms with Gasteiger partial charge in [0, 0.05) is 12.2 Å². The minimum Gasteiger partial charge on any atom is -0.377 e. The van der Waals surface area contributed by atoms with Crippen molar-refractivity contribution >= 4 is 6.29 Å². The van der Waals surface area contributed by atoms with Gasteiger partial charge in [0.25, 0.3) is 0 Å². The average molecular weight is 141 g/mol. The average Bonchev–Trinajstić information content (AvgIpc) is 1.98. The highest BCUT2D eigenvalue weighted by Gasteiger charge is 1.91. The van der Waals surface area contributed by atoms with Gasteiger partial charge < -0.3 is 4.74 Å². The molecule has 2 heteroatoms. The van der Waals surface area contributed by atoms with E-state index in [0.29, 0.717) is 18.8 Å². The molecule has 1 radical (unpaired) electrons. The van der Waals surface area contributed by atoms with Crippen LogP contribution in [-0.2, 0) is 9.53 Å². The minimum absolute atomic E-state index is 0.323. The molecule has 0 N–H and O–H groups in total. The Morgan fingerprint density at radius 3 is 2.90 bits per heavy atom. The molecule has 0 heterocycles. The Balaban J connectivity index is 3.03. The number of hydrogen-bond acceptors (Lipinski definition) is 2. The summed E-state index contributed by atoms with van der Waals surface area (Å²) < 4.78 is 5.06. The van der Waals surface area contributed by atoms with E-state index in [1.54, 1.807) is 6.29 Å². The summed E-state index contributed by atoms with van der Waals surface area (Å²) in [5, 5.41) is 0. The summed E-state index contributed by atoms with van der Waals surface area (Å²) in [6.45, 7) is 6.54. The lowest BCUT2D eigenvalue weighted by Crippen LogP contribution is -1.99. The SMILES string of the molecule is C=C([C]=O)COCCCC. The summed E-state index contributed by atoms with van der Waals surface area (Å²) in [5.74, 6) is 0. The molecule has 2 nitrogen and oxygen atoms in total. The Kier molecular flexibility index (Phi) is 6.08. The van der Waals surface area contributed by atoms with Gasteiger partial charge >= 0.3 is 0 Å². The predicted octanol–water partition coefficient (Wildman–Crippen LogP) is 1.47. The van der Waals surface area contributed by atoms with Crippen molar-refractivity contribution in [1.29, 1.82) is 0 Å². The second-order valence-electron chi connectivity index (χ2n) is 2.11. The van der Waals surface area contributed by atoms with E-state index in [1.807, 2.05) is 0 Å². The van der Waals surface area contributed by atoms with E-state index in [2.05, 4.69) is 13.5 Å². The van der Waals surface area contributed by atoms with Gasteiger partial charge in [0.1, 0.15) is 0 Å². The highest BCUT2D eigenvalue weighted by atomic mass is 16.5. The summed E-state index contributed by atoms with van der Waals surface area (Å²) in [7, 11) is 0. The van der Waals surface area contributed by atoms with Crippen molar-refractivity contribution in [3.63, 3.8) is 0 Å². The van der Waals surface area contributed by atoms with E-state index in [0.717, 1.165) is 12.8 Å². The molecule has 0 saturated heterocycles. The van der Waals surface area contributed by atoms with Crippen LogP contribution in [0, 0.1) is 0 Å². The van der Waals surface area contributed by atoms with Crippen molar-refractivity contribution in [2.24, 2.45) is 0 Å². The van der Waals surface area contributed by atoms with Crippen LogP contribution in [0.3, 0.4) is 0 Å². The molecular formula is C8H13O2. The monoisotopic (exact) mass is 141 g/mol. The van der Waals surface area contributed by atoms with E-state index in [9.17, 15) is 4.79 Å². The lowest BCUT2D eigenvalue weighted by atomic mass is 10.3. The molecular weight excluding hydrogens is 128 g/mol. The summed E-state index contributed by atoms with van der Waals surface area (Å²) in [6.07, 6.45) is 3.81. The number of hydrogen-bond donors (Lipinski definition) is 0. The molecule has 0 aromatic carbocycles. The van der Waals surface area contributed by atoms with Crippen LogP contribution < -0.4 is 0 Å². The molecule has 57 valence electrons. The quantitative estimate of drug-likeness (QED) is 0.413. The molecule has 0 rings (SSSR count). The second-order valence-corrected chi connectivity index (χ2v) is 2.11. The molecule has 0 aliphatic heterocycles. The maximum Gasteiger partial charge on any atom is 0.230 e. The van der Waals surface area contributed by atoms with Gasteiger partial charge in [-0.1, -0.05) is 19.9 Å². The molecule has 0 aromatic heterocycles. The summed E-state index contributed by atoms with van der Waals surface area (Å²) >= 11 is 0. The van der Waals surface area contributed by atoms with Gasteiger partial charge in [-0.3, -0.25) is 4.79 Å². The smallest absolute Gasteiger partial charge is 0.230 e. The van der Waals surface area contributed by atoms with Gasteiger partial charge in [-0.05, 0) is 6.42 Å². The van der Waals surface area contributed by atoms with Crippen molar-refractivity contribution in [3.8, 4) is 0 Å². The Hall–Kier alpha value is -0.630. The maximum absolute atomic E-state index is 9.86. The van der Waals surface area contributed by atoms with Crippen molar-refractivity contribution in [3.05, 3.63) is 12.2 Å². The number of unbranched alkanes of at least 4 members (excludes halogenated alkanes) is 1. The van der Waals surface area contributed by atoms with Crippen molar-refractivity contribution < 1.29 is 9.53 Å². The summed E-state index contributed by atoms with van der Waals surface area (Å²) in [5.41, 5.74) is 0.385. The molecule has 0 atom stereocenters. The molecule has 0 bridgehead atoms. The highest BCUT2D eigenvalue weighted by molar-refractivity contribution is 5.72. The Labute approximate surface area is 61.9 Å². The van der Waals surface area contributed by atoms with Gasteiger partial charge in [-0.25, -0.2) is 0 Å². The van der Waals surface area contributed by atoms with E-state index in [-0.39, 0.29) is 0 Å².